The average molecular weight is 281 g/mol. The normalized spacial score (nSPS) is 25.1. The van der Waals surface area contributed by atoms with Gasteiger partial charge in [-0.1, -0.05) is 13.8 Å². The smallest absolute Gasteiger partial charge is 0.106 e. The Hall–Kier alpha value is -0.910. The van der Waals surface area contributed by atoms with Gasteiger partial charge in [0.15, 0.2) is 0 Å². The molecule has 1 saturated heterocycles. The first kappa shape index (κ1) is 15.5. The molecule has 2 rings (SSSR count). The largest absolute Gasteiger partial charge is 0.389 e. The third-order valence-electron chi connectivity index (χ3n) is 4.50. The van der Waals surface area contributed by atoms with Crippen molar-refractivity contribution < 1.29 is 9.84 Å². The molecule has 0 saturated carbocycles. The molecule has 1 fully saturated rings. The second-order valence-corrected chi connectivity index (χ2v) is 6.12. The van der Waals surface area contributed by atoms with E-state index in [2.05, 4.69) is 16.9 Å². The zero-order valence-electron chi connectivity index (χ0n) is 13.1. The van der Waals surface area contributed by atoms with Crippen LogP contribution in [-0.4, -0.2) is 51.6 Å². The van der Waals surface area contributed by atoms with E-state index in [0.717, 1.165) is 31.5 Å². The van der Waals surface area contributed by atoms with Gasteiger partial charge in [-0.15, -0.1) is 0 Å². The van der Waals surface area contributed by atoms with Crippen LogP contribution in [0.3, 0.4) is 0 Å². The molecule has 0 spiro atoms. The fraction of sp³-hybridized carbons (Fsp3) is 0.800. The van der Waals surface area contributed by atoms with Crippen LogP contribution in [0, 0.1) is 0 Å². The molecule has 0 amide bonds. The standard InChI is InChI=1S/C15H27N3O2/c1-5-15(19,6-2)12-18-7-8-20-14(3,11-18)13-9-16-17(4)10-13/h9-10,19H,5-8,11-12H2,1-4H3. The summed E-state index contributed by atoms with van der Waals surface area (Å²) in [7, 11) is 1.92. The van der Waals surface area contributed by atoms with E-state index in [9.17, 15) is 5.11 Å². The van der Waals surface area contributed by atoms with E-state index < -0.39 is 5.60 Å². The molecule has 1 atom stereocenters. The van der Waals surface area contributed by atoms with Crippen molar-refractivity contribution in [2.75, 3.05) is 26.2 Å². The summed E-state index contributed by atoms with van der Waals surface area (Å²) in [6, 6.07) is 0. The Balaban J connectivity index is 2.08. The van der Waals surface area contributed by atoms with E-state index in [4.69, 9.17) is 4.74 Å². The molecule has 1 aromatic rings. The molecule has 0 aromatic carbocycles. The molecule has 0 aliphatic carbocycles. The van der Waals surface area contributed by atoms with Crippen molar-refractivity contribution in [2.45, 2.75) is 44.8 Å². The predicted molar refractivity (Wildman–Crippen MR) is 78.5 cm³/mol. The zero-order chi connectivity index (χ0) is 14.8. The summed E-state index contributed by atoms with van der Waals surface area (Å²) < 4.78 is 7.80. The van der Waals surface area contributed by atoms with Crippen molar-refractivity contribution in [1.82, 2.24) is 14.7 Å². The fourth-order valence-corrected chi connectivity index (χ4v) is 2.85. The van der Waals surface area contributed by atoms with Crippen LogP contribution in [0.15, 0.2) is 12.4 Å². The Bertz CT molecular complexity index is 442. The van der Waals surface area contributed by atoms with E-state index in [-0.39, 0.29) is 5.60 Å². The van der Waals surface area contributed by atoms with E-state index in [1.54, 1.807) is 4.68 Å². The van der Waals surface area contributed by atoms with Crippen LogP contribution in [0.4, 0.5) is 0 Å². The highest BCUT2D eigenvalue weighted by atomic mass is 16.5. The summed E-state index contributed by atoms with van der Waals surface area (Å²) in [5.41, 5.74) is 0.170. The average Bonchev–Trinajstić information content (AvgIpc) is 2.86. The predicted octanol–water partition coefficient (Wildman–Crippen LogP) is 1.52. The van der Waals surface area contributed by atoms with Gasteiger partial charge in [-0.2, -0.15) is 5.10 Å². The van der Waals surface area contributed by atoms with Crippen molar-refractivity contribution in [3.63, 3.8) is 0 Å². The van der Waals surface area contributed by atoms with E-state index in [1.807, 2.05) is 33.3 Å². The molecule has 114 valence electrons. The first-order valence-electron chi connectivity index (χ1n) is 7.48. The lowest BCUT2D eigenvalue weighted by atomic mass is 9.93. The number of aryl methyl sites for hydroxylation is 1. The summed E-state index contributed by atoms with van der Waals surface area (Å²) in [6.45, 7) is 9.26. The summed E-state index contributed by atoms with van der Waals surface area (Å²) in [6.07, 6.45) is 5.44. The van der Waals surface area contributed by atoms with Crippen molar-refractivity contribution >= 4 is 0 Å². The van der Waals surface area contributed by atoms with Gasteiger partial charge in [0.25, 0.3) is 0 Å². The Morgan fingerprint density at radius 3 is 2.70 bits per heavy atom. The molecular weight excluding hydrogens is 254 g/mol. The van der Waals surface area contributed by atoms with Crippen molar-refractivity contribution in [1.29, 1.82) is 0 Å². The first-order valence-corrected chi connectivity index (χ1v) is 7.48. The highest BCUT2D eigenvalue weighted by molar-refractivity contribution is 5.16. The molecule has 5 nitrogen and oxygen atoms in total. The van der Waals surface area contributed by atoms with Crippen molar-refractivity contribution in [3.8, 4) is 0 Å². The molecule has 0 radical (unpaired) electrons. The molecule has 5 heteroatoms. The second kappa shape index (κ2) is 5.84. The lowest BCUT2D eigenvalue weighted by molar-refractivity contribution is -0.121. The van der Waals surface area contributed by atoms with Gasteiger partial charge in [-0.05, 0) is 19.8 Å². The molecule has 1 unspecified atom stereocenters. The highest BCUT2D eigenvalue weighted by Gasteiger charge is 2.37. The number of morpholine rings is 1. The molecule has 2 heterocycles. The van der Waals surface area contributed by atoms with Gasteiger partial charge in [-0.25, -0.2) is 0 Å². The maximum absolute atomic E-state index is 10.5. The minimum Gasteiger partial charge on any atom is -0.389 e. The molecule has 1 aromatic heterocycles. The van der Waals surface area contributed by atoms with Crippen molar-refractivity contribution in [3.05, 3.63) is 18.0 Å². The molecule has 0 bridgehead atoms. The Morgan fingerprint density at radius 1 is 1.45 bits per heavy atom. The lowest BCUT2D eigenvalue weighted by Crippen LogP contribution is -2.53. The molecule has 1 aliphatic heterocycles. The van der Waals surface area contributed by atoms with Crippen LogP contribution in [0.25, 0.3) is 0 Å². The van der Waals surface area contributed by atoms with Gasteiger partial charge in [0.1, 0.15) is 5.60 Å². The minimum absolute atomic E-state index is 0.338. The second-order valence-electron chi connectivity index (χ2n) is 6.12. The number of rotatable bonds is 5. The van der Waals surface area contributed by atoms with Crippen LogP contribution in [-0.2, 0) is 17.4 Å². The van der Waals surface area contributed by atoms with Crippen molar-refractivity contribution in [2.24, 2.45) is 7.05 Å². The number of hydrogen-bond donors (Lipinski definition) is 1. The topological polar surface area (TPSA) is 50.5 Å². The molecule has 1 aliphatic rings. The quantitative estimate of drug-likeness (QED) is 0.889. The molecule has 1 N–H and O–H groups in total. The lowest BCUT2D eigenvalue weighted by Gasteiger charge is -2.43. The third-order valence-corrected chi connectivity index (χ3v) is 4.50. The zero-order valence-corrected chi connectivity index (χ0v) is 13.1. The number of ether oxygens (including phenoxy) is 1. The third kappa shape index (κ3) is 3.22. The summed E-state index contributed by atoms with van der Waals surface area (Å²) in [5.74, 6) is 0. The number of nitrogens with zero attached hydrogens (tertiary/aromatic N) is 3. The fourth-order valence-electron chi connectivity index (χ4n) is 2.85. The number of aliphatic hydroxyl groups is 1. The van der Waals surface area contributed by atoms with Gasteiger partial charge in [0, 0.05) is 38.4 Å². The number of β-amino-alcohol motifs (C(OH)–C–C–N with tert-alkyl or cyclic N) is 1. The SMILES string of the molecule is CCC(O)(CC)CN1CCOC(C)(c2cnn(C)c2)C1. The van der Waals surface area contributed by atoms with Gasteiger partial charge in [0.05, 0.1) is 18.4 Å². The summed E-state index contributed by atoms with van der Waals surface area (Å²) in [4.78, 5) is 2.31. The highest BCUT2D eigenvalue weighted by Crippen LogP contribution is 2.30. The number of hydrogen-bond acceptors (Lipinski definition) is 4. The Labute approximate surface area is 121 Å². The van der Waals surface area contributed by atoms with Gasteiger partial charge >= 0.3 is 0 Å². The van der Waals surface area contributed by atoms with Crippen LogP contribution < -0.4 is 0 Å². The van der Waals surface area contributed by atoms with Gasteiger partial charge in [-0.3, -0.25) is 9.58 Å². The number of aromatic nitrogens is 2. The van der Waals surface area contributed by atoms with Gasteiger partial charge in [0.2, 0.25) is 0 Å². The monoisotopic (exact) mass is 281 g/mol. The maximum atomic E-state index is 10.5. The van der Waals surface area contributed by atoms with Crippen LogP contribution in [0.2, 0.25) is 0 Å². The van der Waals surface area contributed by atoms with E-state index in [1.165, 1.54) is 0 Å². The summed E-state index contributed by atoms with van der Waals surface area (Å²) >= 11 is 0. The Morgan fingerprint density at radius 2 is 2.15 bits per heavy atom. The molecule has 20 heavy (non-hydrogen) atoms. The van der Waals surface area contributed by atoms with E-state index >= 15 is 0 Å². The Kier molecular flexibility index (Phi) is 4.52. The first-order chi connectivity index (χ1) is 9.41. The van der Waals surface area contributed by atoms with Gasteiger partial charge < -0.3 is 9.84 Å². The van der Waals surface area contributed by atoms with Crippen LogP contribution in [0.5, 0.6) is 0 Å². The van der Waals surface area contributed by atoms with Crippen LogP contribution in [0.1, 0.15) is 39.2 Å². The molecular formula is C15H27N3O2. The van der Waals surface area contributed by atoms with Crippen LogP contribution >= 0.6 is 0 Å². The maximum Gasteiger partial charge on any atom is 0.106 e. The summed E-state index contributed by atoms with van der Waals surface area (Å²) in [5, 5.41) is 14.8. The van der Waals surface area contributed by atoms with E-state index in [0.29, 0.717) is 13.2 Å². The minimum atomic E-state index is -0.590.